The minimum Gasteiger partial charge on any atom is -0.333 e. The smallest absolute Gasteiger partial charge is 0.161 e. The number of nitrogens with one attached hydrogen (secondary N) is 1. The SMILES string of the molecule is CC1(C)CCSC(Nc2ccc(Cl)cc2F)=N1. The molecule has 1 aromatic rings. The van der Waals surface area contributed by atoms with Crippen LogP contribution in [0.4, 0.5) is 10.1 Å². The van der Waals surface area contributed by atoms with Crippen LogP contribution in [0.3, 0.4) is 0 Å². The maximum Gasteiger partial charge on any atom is 0.161 e. The van der Waals surface area contributed by atoms with E-state index in [9.17, 15) is 4.39 Å². The summed E-state index contributed by atoms with van der Waals surface area (Å²) < 4.78 is 13.6. The molecule has 0 radical (unpaired) electrons. The fourth-order valence-electron chi connectivity index (χ4n) is 1.53. The molecule has 1 aliphatic rings. The van der Waals surface area contributed by atoms with Gasteiger partial charge in [-0.3, -0.25) is 4.99 Å². The fraction of sp³-hybridized carbons (Fsp3) is 0.417. The Balaban J connectivity index is 2.18. The van der Waals surface area contributed by atoms with Crippen LogP contribution < -0.4 is 5.32 Å². The highest BCUT2D eigenvalue weighted by atomic mass is 35.5. The molecule has 0 spiro atoms. The van der Waals surface area contributed by atoms with Gasteiger partial charge < -0.3 is 5.32 Å². The lowest BCUT2D eigenvalue weighted by atomic mass is 10.0. The van der Waals surface area contributed by atoms with Crippen molar-refractivity contribution in [1.82, 2.24) is 0 Å². The van der Waals surface area contributed by atoms with Crippen molar-refractivity contribution < 1.29 is 4.39 Å². The second-order valence-corrected chi connectivity index (χ2v) is 6.10. The molecular weight excluding hydrogens is 259 g/mol. The number of anilines is 1. The Morgan fingerprint density at radius 3 is 2.88 bits per heavy atom. The first-order chi connectivity index (χ1) is 7.96. The Morgan fingerprint density at radius 2 is 2.24 bits per heavy atom. The highest BCUT2D eigenvalue weighted by molar-refractivity contribution is 8.14. The lowest BCUT2D eigenvalue weighted by Crippen LogP contribution is -2.27. The van der Waals surface area contributed by atoms with Crippen molar-refractivity contribution in [2.24, 2.45) is 4.99 Å². The van der Waals surface area contributed by atoms with Gasteiger partial charge >= 0.3 is 0 Å². The van der Waals surface area contributed by atoms with Crippen molar-refractivity contribution >= 4 is 34.2 Å². The summed E-state index contributed by atoms with van der Waals surface area (Å²) in [5.74, 6) is 0.637. The number of aliphatic imine (C=N–C) groups is 1. The molecule has 0 fully saturated rings. The van der Waals surface area contributed by atoms with Crippen molar-refractivity contribution in [2.45, 2.75) is 25.8 Å². The van der Waals surface area contributed by atoms with E-state index in [4.69, 9.17) is 11.6 Å². The van der Waals surface area contributed by atoms with Crippen molar-refractivity contribution in [3.05, 3.63) is 29.0 Å². The summed E-state index contributed by atoms with van der Waals surface area (Å²) in [6.07, 6.45) is 1.03. The number of nitrogens with zero attached hydrogens (tertiary/aromatic N) is 1. The largest absolute Gasteiger partial charge is 0.333 e. The van der Waals surface area contributed by atoms with Crippen LogP contribution in [-0.2, 0) is 0 Å². The number of rotatable bonds is 1. The average molecular weight is 273 g/mol. The summed E-state index contributed by atoms with van der Waals surface area (Å²) in [6, 6.07) is 4.58. The number of hydrogen-bond donors (Lipinski definition) is 1. The lowest BCUT2D eigenvalue weighted by molar-refractivity contribution is 0.507. The highest BCUT2D eigenvalue weighted by Gasteiger charge is 2.22. The van der Waals surface area contributed by atoms with Gasteiger partial charge in [-0.15, -0.1) is 0 Å². The second-order valence-electron chi connectivity index (χ2n) is 4.58. The molecule has 5 heteroatoms. The van der Waals surface area contributed by atoms with Crippen molar-refractivity contribution in [1.29, 1.82) is 0 Å². The van der Waals surface area contributed by atoms with E-state index in [2.05, 4.69) is 24.2 Å². The molecule has 0 saturated carbocycles. The predicted molar refractivity (Wildman–Crippen MR) is 73.6 cm³/mol. The van der Waals surface area contributed by atoms with E-state index in [0.717, 1.165) is 17.3 Å². The first-order valence-electron chi connectivity index (χ1n) is 5.41. The van der Waals surface area contributed by atoms with Gasteiger partial charge in [-0.25, -0.2) is 4.39 Å². The first-order valence-corrected chi connectivity index (χ1v) is 6.77. The lowest BCUT2D eigenvalue weighted by Gasteiger charge is -2.26. The van der Waals surface area contributed by atoms with Gasteiger partial charge in [0, 0.05) is 10.8 Å². The molecule has 1 aromatic carbocycles. The zero-order valence-corrected chi connectivity index (χ0v) is 11.3. The van der Waals surface area contributed by atoms with Gasteiger partial charge in [0.15, 0.2) is 5.17 Å². The zero-order chi connectivity index (χ0) is 12.5. The molecule has 0 unspecified atom stereocenters. The Hall–Kier alpha value is -0.740. The normalized spacial score (nSPS) is 18.7. The van der Waals surface area contributed by atoms with Gasteiger partial charge in [-0.05, 0) is 38.5 Å². The van der Waals surface area contributed by atoms with Crippen LogP contribution in [0.25, 0.3) is 0 Å². The number of halogens is 2. The molecule has 1 heterocycles. The molecule has 2 rings (SSSR count). The molecule has 0 atom stereocenters. The fourth-order valence-corrected chi connectivity index (χ4v) is 2.98. The number of amidine groups is 1. The van der Waals surface area contributed by atoms with Crippen molar-refractivity contribution in [2.75, 3.05) is 11.1 Å². The Bertz CT molecular complexity index is 460. The summed E-state index contributed by atoms with van der Waals surface area (Å²) >= 11 is 7.31. The van der Waals surface area contributed by atoms with Gasteiger partial charge in [0.05, 0.1) is 11.2 Å². The average Bonchev–Trinajstić information content (AvgIpc) is 2.21. The van der Waals surface area contributed by atoms with Crippen LogP contribution in [-0.4, -0.2) is 16.5 Å². The van der Waals surface area contributed by atoms with E-state index < -0.39 is 0 Å². The molecular formula is C12H14ClFN2S. The molecule has 0 aromatic heterocycles. The van der Waals surface area contributed by atoms with E-state index in [0.29, 0.717) is 10.7 Å². The molecule has 0 bridgehead atoms. The topological polar surface area (TPSA) is 24.4 Å². The Labute approximate surface area is 110 Å². The Kier molecular flexibility index (Phi) is 3.64. The Morgan fingerprint density at radius 1 is 1.47 bits per heavy atom. The third-order valence-corrected chi connectivity index (χ3v) is 3.64. The summed E-state index contributed by atoms with van der Waals surface area (Å²) in [5, 5.41) is 4.17. The maximum atomic E-state index is 13.6. The third-order valence-electron chi connectivity index (χ3n) is 2.53. The summed E-state index contributed by atoms with van der Waals surface area (Å²) in [4.78, 5) is 4.54. The van der Waals surface area contributed by atoms with Crippen LogP contribution in [0.2, 0.25) is 5.02 Å². The van der Waals surface area contributed by atoms with E-state index >= 15 is 0 Å². The molecule has 1 aliphatic heterocycles. The van der Waals surface area contributed by atoms with Crippen LogP contribution >= 0.6 is 23.4 Å². The van der Waals surface area contributed by atoms with Crippen LogP contribution in [0.5, 0.6) is 0 Å². The predicted octanol–water partition coefficient (Wildman–Crippen LogP) is 4.16. The number of thioether (sulfide) groups is 1. The number of benzene rings is 1. The monoisotopic (exact) mass is 272 g/mol. The highest BCUT2D eigenvalue weighted by Crippen LogP contribution is 2.28. The van der Waals surface area contributed by atoms with Crippen molar-refractivity contribution in [3.63, 3.8) is 0 Å². The van der Waals surface area contributed by atoms with E-state index in [1.807, 2.05) is 0 Å². The maximum absolute atomic E-state index is 13.6. The van der Waals surface area contributed by atoms with E-state index in [-0.39, 0.29) is 11.4 Å². The molecule has 0 saturated heterocycles. The van der Waals surface area contributed by atoms with E-state index in [1.165, 1.54) is 6.07 Å². The quantitative estimate of drug-likeness (QED) is 0.830. The summed E-state index contributed by atoms with van der Waals surface area (Å²) in [6.45, 7) is 4.15. The number of hydrogen-bond acceptors (Lipinski definition) is 3. The molecule has 2 nitrogen and oxygen atoms in total. The summed E-state index contributed by atoms with van der Waals surface area (Å²) in [7, 11) is 0. The molecule has 0 amide bonds. The van der Waals surface area contributed by atoms with E-state index in [1.54, 1.807) is 23.9 Å². The molecule has 17 heavy (non-hydrogen) atoms. The van der Waals surface area contributed by atoms with Crippen LogP contribution in [0.15, 0.2) is 23.2 Å². The van der Waals surface area contributed by atoms with Crippen molar-refractivity contribution in [3.8, 4) is 0 Å². The van der Waals surface area contributed by atoms with Crippen LogP contribution in [0, 0.1) is 5.82 Å². The summed E-state index contributed by atoms with van der Waals surface area (Å²) in [5.41, 5.74) is 0.342. The molecule has 1 N–H and O–H groups in total. The van der Waals surface area contributed by atoms with Gasteiger partial charge in [0.25, 0.3) is 0 Å². The second kappa shape index (κ2) is 4.86. The van der Waals surface area contributed by atoms with Gasteiger partial charge in [-0.2, -0.15) is 0 Å². The zero-order valence-electron chi connectivity index (χ0n) is 9.76. The van der Waals surface area contributed by atoms with Gasteiger partial charge in [-0.1, -0.05) is 23.4 Å². The minimum atomic E-state index is -0.357. The van der Waals surface area contributed by atoms with Gasteiger partial charge in [0.2, 0.25) is 0 Å². The minimum absolute atomic E-state index is 0.0729. The first kappa shape index (κ1) is 12.7. The molecule has 0 aliphatic carbocycles. The third kappa shape index (κ3) is 3.36. The standard InChI is InChI=1S/C12H14ClFN2S/c1-12(2)5-6-17-11(16-12)15-10-4-3-8(13)7-9(10)14/h3-4,7H,5-6H2,1-2H3,(H,15,16). The molecule has 92 valence electrons. The van der Waals surface area contributed by atoms with Gasteiger partial charge in [0.1, 0.15) is 5.82 Å². The van der Waals surface area contributed by atoms with Crippen LogP contribution in [0.1, 0.15) is 20.3 Å².